The fourth-order valence-corrected chi connectivity index (χ4v) is 2.72. The summed E-state index contributed by atoms with van der Waals surface area (Å²) in [6.07, 6.45) is 5.08. The quantitative estimate of drug-likeness (QED) is 0.780. The van der Waals surface area contributed by atoms with Crippen LogP contribution in [0.2, 0.25) is 0 Å². The van der Waals surface area contributed by atoms with Gasteiger partial charge in [-0.1, -0.05) is 13.0 Å². The highest BCUT2D eigenvalue weighted by Crippen LogP contribution is 2.21. The van der Waals surface area contributed by atoms with Crippen molar-refractivity contribution in [2.24, 2.45) is 5.92 Å². The van der Waals surface area contributed by atoms with Crippen molar-refractivity contribution in [3.05, 3.63) is 23.9 Å². The van der Waals surface area contributed by atoms with E-state index in [1.807, 2.05) is 6.20 Å². The van der Waals surface area contributed by atoms with Crippen LogP contribution >= 0.6 is 0 Å². The number of nitrogens with zero attached hydrogens (tertiary/aromatic N) is 2. The molecule has 5 heteroatoms. The summed E-state index contributed by atoms with van der Waals surface area (Å²) < 4.78 is 0. The molecule has 5 nitrogen and oxygen atoms in total. The molecule has 0 aromatic carbocycles. The topological polar surface area (TPSA) is 57.3 Å². The fourth-order valence-electron chi connectivity index (χ4n) is 2.72. The van der Waals surface area contributed by atoms with Gasteiger partial charge in [0.1, 0.15) is 5.82 Å². The summed E-state index contributed by atoms with van der Waals surface area (Å²) in [6, 6.07) is 4.18. The van der Waals surface area contributed by atoms with E-state index < -0.39 is 0 Å². The summed E-state index contributed by atoms with van der Waals surface area (Å²) in [4.78, 5) is 18.5. The van der Waals surface area contributed by atoms with Gasteiger partial charge in [0.2, 0.25) is 5.91 Å². The van der Waals surface area contributed by atoms with Crippen molar-refractivity contribution in [3.63, 3.8) is 0 Å². The average molecular weight is 290 g/mol. The molecule has 0 aliphatic carbocycles. The second-order valence-electron chi connectivity index (χ2n) is 5.60. The van der Waals surface area contributed by atoms with Gasteiger partial charge in [-0.15, -0.1) is 0 Å². The Balaban J connectivity index is 1.93. The molecule has 2 heterocycles. The lowest BCUT2D eigenvalue weighted by atomic mass is 9.97. The molecular weight excluding hydrogens is 264 g/mol. The Labute approximate surface area is 127 Å². The number of anilines is 1. The molecule has 1 saturated heterocycles. The lowest BCUT2D eigenvalue weighted by Crippen LogP contribution is -2.42. The predicted octanol–water partition coefficient (Wildman–Crippen LogP) is 1.54. The molecule has 1 aliphatic heterocycles. The summed E-state index contributed by atoms with van der Waals surface area (Å²) >= 11 is 0. The van der Waals surface area contributed by atoms with E-state index >= 15 is 0 Å². The van der Waals surface area contributed by atoms with Gasteiger partial charge in [0.05, 0.1) is 5.92 Å². The Morgan fingerprint density at radius 2 is 2.33 bits per heavy atom. The zero-order valence-corrected chi connectivity index (χ0v) is 13.1. The van der Waals surface area contributed by atoms with Crippen LogP contribution in [0.15, 0.2) is 18.3 Å². The lowest BCUT2D eigenvalue weighted by molar-refractivity contribution is -0.124. The normalized spacial score (nSPS) is 18.6. The Bertz CT molecular complexity index is 446. The van der Waals surface area contributed by atoms with Crippen molar-refractivity contribution in [2.75, 3.05) is 31.6 Å². The Hall–Kier alpha value is -1.62. The standard InChI is InChI=1S/C16H26N4O/c1-3-8-18-10-13-6-7-15(19-11-13)20-9-4-5-14(12-20)16(21)17-2/h6-7,11,14,18H,3-5,8-10,12H2,1-2H3,(H,17,21). The van der Waals surface area contributed by atoms with E-state index in [2.05, 4.69) is 39.6 Å². The SMILES string of the molecule is CCCNCc1ccc(N2CCCC(C(=O)NC)C2)nc1. The first-order valence-corrected chi connectivity index (χ1v) is 7.86. The first kappa shape index (κ1) is 15.8. The van der Waals surface area contributed by atoms with Crippen LogP contribution in [-0.2, 0) is 11.3 Å². The third-order valence-corrected chi connectivity index (χ3v) is 3.93. The second kappa shape index (κ2) is 7.98. The van der Waals surface area contributed by atoms with Crippen molar-refractivity contribution in [1.29, 1.82) is 0 Å². The van der Waals surface area contributed by atoms with Crippen LogP contribution in [0.25, 0.3) is 0 Å². The second-order valence-corrected chi connectivity index (χ2v) is 5.60. The summed E-state index contributed by atoms with van der Waals surface area (Å²) in [5.41, 5.74) is 1.20. The van der Waals surface area contributed by atoms with Crippen LogP contribution in [-0.4, -0.2) is 37.6 Å². The molecule has 2 rings (SSSR count). The summed E-state index contributed by atoms with van der Waals surface area (Å²) in [6.45, 7) is 5.80. The van der Waals surface area contributed by atoms with Crippen LogP contribution < -0.4 is 15.5 Å². The highest BCUT2D eigenvalue weighted by Gasteiger charge is 2.25. The molecule has 1 aromatic rings. The van der Waals surface area contributed by atoms with Crippen molar-refractivity contribution >= 4 is 11.7 Å². The Kier molecular flexibility index (Phi) is 5.99. The van der Waals surface area contributed by atoms with Gasteiger partial charge < -0.3 is 15.5 Å². The molecule has 1 aromatic heterocycles. The van der Waals surface area contributed by atoms with Crippen molar-refractivity contribution in [3.8, 4) is 0 Å². The maximum Gasteiger partial charge on any atom is 0.224 e. The lowest BCUT2D eigenvalue weighted by Gasteiger charge is -2.32. The van der Waals surface area contributed by atoms with Crippen LogP contribution in [0.4, 0.5) is 5.82 Å². The zero-order chi connectivity index (χ0) is 15.1. The Morgan fingerprint density at radius 1 is 1.48 bits per heavy atom. The molecule has 1 amide bonds. The number of aromatic nitrogens is 1. The van der Waals surface area contributed by atoms with E-state index in [0.717, 1.165) is 51.3 Å². The van der Waals surface area contributed by atoms with Gasteiger partial charge >= 0.3 is 0 Å². The number of nitrogens with one attached hydrogen (secondary N) is 2. The number of carbonyl (C=O) groups is 1. The number of carbonyl (C=O) groups excluding carboxylic acids is 1. The number of amides is 1. The third kappa shape index (κ3) is 4.43. The van der Waals surface area contributed by atoms with Gasteiger partial charge in [-0.05, 0) is 37.4 Å². The van der Waals surface area contributed by atoms with E-state index in [4.69, 9.17) is 0 Å². The van der Waals surface area contributed by atoms with Gasteiger partial charge in [0, 0.05) is 32.9 Å². The molecule has 0 bridgehead atoms. The van der Waals surface area contributed by atoms with Crippen LogP contribution in [0.5, 0.6) is 0 Å². The molecule has 1 aliphatic rings. The van der Waals surface area contributed by atoms with Gasteiger partial charge in [0.25, 0.3) is 0 Å². The van der Waals surface area contributed by atoms with E-state index in [1.165, 1.54) is 5.56 Å². The minimum absolute atomic E-state index is 0.0800. The minimum atomic E-state index is 0.0800. The molecular formula is C16H26N4O. The Morgan fingerprint density at radius 3 is 3.00 bits per heavy atom. The molecule has 1 fully saturated rings. The van der Waals surface area contributed by atoms with E-state index in [1.54, 1.807) is 7.05 Å². The van der Waals surface area contributed by atoms with Crippen LogP contribution in [0, 0.1) is 5.92 Å². The summed E-state index contributed by atoms with van der Waals surface area (Å²) in [5.74, 6) is 1.19. The molecule has 116 valence electrons. The number of piperidine rings is 1. The molecule has 0 spiro atoms. The monoisotopic (exact) mass is 290 g/mol. The number of rotatable bonds is 6. The van der Waals surface area contributed by atoms with Gasteiger partial charge in [-0.2, -0.15) is 0 Å². The molecule has 21 heavy (non-hydrogen) atoms. The van der Waals surface area contributed by atoms with Gasteiger partial charge in [-0.25, -0.2) is 4.98 Å². The van der Waals surface area contributed by atoms with Gasteiger partial charge in [-0.3, -0.25) is 4.79 Å². The number of hydrogen-bond acceptors (Lipinski definition) is 4. The average Bonchev–Trinajstić information content (AvgIpc) is 2.55. The van der Waals surface area contributed by atoms with Crippen LogP contribution in [0.1, 0.15) is 31.7 Å². The summed E-state index contributed by atoms with van der Waals surface area (Å²) in [5, 5.41) is 6.12. The molecule has 2 N–H and O–H groups in total. The number of hydrogen-bond donors (Lipinski definition) is 2. The fraction of sp³-hybridized carbons (Fsp3) is 0.625. The maximum atomic E-state index is 11.8. The first-order valence-electron chi connectivity index (χ1n) is 7.86. The predicted molar refractivity (Wildman–Crippen MR) is 85.2 cm³/mol. The third-order valence-electron chi connectivity index (χ3n) is 3.93. The molecule has 0 radical (unpaired) electrons. The highest BCUT2D eigenvalue weighted by atomic mass is 16.1. The smallest absolute Gasteiger partial charge is 0.224 e. The van der Waals surface area contributed by atoms with E-state index in [-0.39, 0.29) is 11.8 Å². The van der Waals surface area contributed by atoms with E-state index in [9.17, 15) is 4.79 Å². The summed E-state index contributed by atoms with van der Waals surface area (Å²) in [7, 11) is 1.71. The number of pyridine rings is 1. The van der Waals surface area contributed by atoms with Gasteiger partial charge in [0.15, 0.2) is 0 Å². The first-order chi connectivity index (χ1) is 10.2. The zero-order valence-electron chi connectivity index (χ0n) is 13.1. The van der Waals surface area contributed by atoms with Crippen molar-refractivity contribution in [1.82, 2.24) is 15.6 Å². The van der Waals surface area contributed by atoms with E-state index in [0.29, 0.717) is 0 Å². The van der Waals surface area contributed by atoms with Crippen LogP contribution in [0.3, 0.4) is 0 Å². The molecule has 1 unspecified atom stereocenters. The molecule has 0 saturated carbocycles. The maximum absolute atomic E-state index is 11.8. The largest absolute Gasteiger partial charge is 0.359 e. The highest BCUT2D eigenvalue weighted by molar-refractivity contribution is 5.79. The van der Waals surface area contributed by atoms with Crippen molar-refractivity contribution < 1.29 is 4.79 Å². The minimum Gasteiger partial charge on any atom is -0.359 e. The van der Waals surface area contributed by atoms with Crippen molar-refractivity contribution in [2.45, 2.75) is 32.7 Å². The molecule has 1 atom stereocenters.